The lowest BCUT2D eigenvalue weighted by Crippen LogP contribution is -2.27. The Balaban J connectivity index is 2.76. The topological polar surface area (TPSA) is 70.6 Å². The third kappa shape index (κ3) is 3.74. The average Bonchev–Trinajstić information content (AvgIpc) is 2.26. The highest BCUT2D eigenvalue weighted by Crippen LogP contribution is 2.31. The zero-order chi connectivity index (χ0) is 13.0. The molecule has 0 spiro atoms. The zero-order valence-electron chi connectivity index (χ0n) is 9.04. The first-order valence-corrected chi connectivity index (χ1v) is 5.98. The molecule has 4 nitrogen and oxygen atoms in total. The number of hydrogen-bond donors (Lipinski definition) is 3. The van der Waals surface area contributed by atoms with E-state index in [1.807, 2.05) is 0 Å². The van der Waals surface area contributed by atoms with Crippen LogP contribution in [0.3, 0.4) is 0 Å². The van der Waals surface area contributed by atoms with Gasteiger partial charge in [0.2, 0.25) is 0 Å². The summed E-state index contributed by atoms with van der Waals surface area (Å²) in [5, 5.41) is 14.7. The fourth-order valence-electron chi connectivity index (χ4n) is 1.17. The molecular formula is C10H12BrClFN3O. The average molecular weight is 325 g/mol. The van der Waals surface area contributed by atoms with Crippen LogP contribution in [0, 0.1) is 11.7 Å². The highest BCUT2D eigenvalue weighted by Gasteiger charge is 2.11. The number of amidine groups is 1. The standard InChI is InChI=1S/C10H12BrClFN3O/c1-5(10(14)16-17)4-15-9-7(11)2-6(13)3-8(9)12/h2-3,5,15,17H,4H2,1H3,(H2,14,16). The summed E-state index contributed by atoms with van der Waals surface area (Å²) in [5.74, 6) is -0.475. The van der Waals surface area contributed by atoms with Crippen LogP contribution in [0.4, 0.5) is 10.1 Å². The van der Waals surface area contributed by atoms with Crippen LogP contribution >= 0.6 is 27.5 Å². The SMILES string of the molecule is CC(CNc1c(Cl)cc(F)cc1Br)C(N)=NO. The molecule has 0 aliphatic rings. The second-order valence-electron chi connectivity index (χ2n) is 3.55. The van der Waals surface area contributed by atoms with Gasteiger partial charge in [-0.3, -0.25) is 0 Å². The molecular weight excluding hydrogens is 312 g/mol. The van der Waals surface area contributed by atoms with E-state index in [1.165, 1.54) is 12.1 Å². The lowest BCUT2D eigenvalue weighted by molar-refractivity contribution is 0.315. The maximum atomic E-state index is 13.0. The normalized spacial score (nSPS) is 13.5. The van der Waals surface area contributed by atoms with E-state index in [0.29, 0.717) is 16.7 Å². The van der Waals surface area contributed by atoms with Crippen LogP contribution in [0.5, 0.6) is 0 Å². The molecule has 0 fully saturated rings. The molecule has 1 rings (SSSR count). The predicted molar refractivity (Wildman–Crippen MR) is 70.2 cm³/mol. The van der Waals surface area contributed by atoms with E-state index >= 15 is 0 Å². The first-order valence-electron chi connectivity index (χ1n) is 4.81. The van der Waals surface area contributed by atoms with Crippen LogP contribution in [0.25, 0.3) is 0 Å². The zero-order valence-corrected chi connectivity index (χ0v) is 11.4. The summed E-state index contributed by atoms with van der Waals surface area (Å²) in [5.41, 5.74) is 6.01. The van der Waals surface area contributed by atoms with Gasteiger partial charge in [0, 0.05) is 16.9 Å². The third-order valence-electron chi connectivity index (χ3n) is 2.21. The highest BCUT2D eigenvalue weighted by molar-refractivity contribution is 9.10. The van der Waals surface area contributed by atoms with E-state index < -0.39 is 5.82 Å². The molecule has 94 valence electrons. The number of halogens is 3. The van der Waals surface area contributed by atoms with E-state index in [9.17, 15) is 4.39 Å². The fourth-order valence-corrected chi connectivity index (χ4v) is 2.13. The van der Waals surface area contributed by atoms with Crippen molar-refractivity contribution in [3.05, 3.63) is 27.4 Å². The summed E-state index contributed by atoms with van der Waals surface area (Å²) >= 11 is 9.09. The van der Waals surface area contributed by atoms with Gasteiger partial charge in [-0.1, -0.05) is 23.7 Å². The Kier molecular flexibility index (Phi) is 5.02. The molecule has 0 aromatic heterocycles. The lowest BCUT2D eigenvalue weighted by Gasteiger charge is -2.14. The van der Waals surface area contributed by atoms with Crippen molar-refractivity contribution in [1.82, 2.24) is 0 Å². The molecule has 0 aliphatic carbocycles. The van der Waals surface area contributed by atoms with Crippen molar-refractivity contribution < 1.29 is 9.60 Å². The van der Waals surface area contributed by atoms with E-state index in [4.69, 9.17) is 22.5 Å². The van der Waals surface area contributed by atoms with Crippen molar-refractivity contribution in [2.45, 2.75) is 6.92 Å². The van der Waals surface area contributed by atoms with Crippen LogP contribution in [0.15, 0.2) is 21.8 Å². The Morgan fingerprint density at radius 3 is 2.88 bits per heavy atom. The van der Waals surface area contributed by atoms with Crippen LogP contribution in [0.2, 0.25) is 5.02 Å². The second kappa shape index (κ2) is 6.07. The minimum absolute atomic E-state index is 0.117. The van der Waals surface area contributed by atoms with Gasteiger partial charge < -0.3 is 16.3 Å². The summed E-state index contributed by atoms with van der Waals surface area (Å²) in [7, 11) is 0. The van der Waals surface area contributed by atoms with E-state index in [-0.39, 0.29) is 16.8 Å². The maximum Gasteiger partial charge on any atom is 0.143 e. The molecule has 0 radical (unpaired) electrons. The van der Waals surface area contributed by atoms with Gasteiger partial charge in [0.05, 0.1) is 10.7 Å². The summed E-state index contributed by atoms with van der Waals surface area (Å²) < 4.78 is 13.5. The van der Waals surface area contributed by atoms with Crippen LogP contribution < -0.4 is 11.1 Å². The van der Waals surface area contributed by atoms with Crippen molar-refractivity contribution >= 4 is 39.1 Å². The lowest BCUT2D eigenvalue weighted by atomic mass is 10.1. The van der Waals surface area contributed by atoms with Gasteiger partial charge in [0.1, 0.15) is 11.7 Å². The molecule has 7 heteroatoms. The summed E-state index contributed by atoms with van der Waals surface area (Å²) in [4.78, 5) is 0. The molecule has 1 unspecified atom stereocenters. The van der Waals surface area contributed by atoms with Crippen molar-refractivity contribution in [2.75, 3.05) is 11.9 Å². The van der Waals surface area contributed by atoms with Gasteiger partial charge in [-0.2, -0.15) is 0 Å². The van der Waals surface area contributed by atoms with Crippen molar-refractivity contribution in [3.8, 4) is 0 Å². The molecule has 1 atom stereocenters. The van der Waals surface area contributed by atoms with Gasteiger partial charge in [-0.15, -0.1) is 0 Å². The molecule has 0 aliphatic heterocycles. The quantitative estimate of drug-likeness (QED) is 0.345. The van der Waals surface area contributed by atoms with Gasteiger partial charge >= 0.3 is 0 Å². The Morgan fingerprint density at radius 2 is 2.35 bits per heavy atom. The summed E-state index contributed by atoms with van der Waals surface area (Å²) in [6.07, 6.45) is 0. The van der Waals surface area contributed by atoms with Crippen LogP contribution in [-0.2, 0) is 0 Å². The third-order valence-corrected chi connectivity index (χ3v) is 3.14. The maximum absolute atomic E-state index is 13.0. The first-order chi connectivity index (χ1) is 7.95. The molecule has 1 aromatic rings. The van der Waals surface area contributed by atoms with Gasteiger partial charge in [0.25, 0.3) is 0 Å². The molecule has 0 amide bonds. The van der Waals surface area contributed by atoms with Crippen molar-refractivity contribution in [1.29, 1.82) is 0 Å². The van der Waals surface area contributed by atoms with E-state index in [1.54, 1.807) is 6.92 Å². The smallest absolute Gasteiger partial charge is 0.143 e. The number of hydrogen-bond acceptors (Lipinski definition) is 3. The van der Waals surface area contributed by atoms with Crippen LogP contribution in [-0.4, -0.2) is 17.6 Å². The highest BCUT2D eigenvalue weighted by atomic mass is 79.9. The minimum atomic E-state index is -0.420. The Labute approximate surface area is 112 Å². The predicted octanol–water partition coefficient (Wildman–Crippen LogP) is 3.04. The van der Waals surface area contributed by atoms with Gasteiger partial charge in [-0.05, 0) is 28.1 Å². The number of anilines is 1. The van der Waals surface area contributed by atoms with Crippen LogP contribution in [0.1, 0.15) is 6.92 Å². The van der Waals surface area contributed by atoms with Gasteiger partial charge in [-0.25, -0.2) is 4.39 Å². The molecule has 4 N–H and O–H groups in total. The first kappa shape index (κ1) is 14.1. The summed E-state index contributed by atoms with van der Waals surface area (Å²) in [6, 6.07) is 2.52. The Bertz CT molecular complexity index is 419. The Hall–Kier alpha value is -1.01. The van der Waals surface area contributed by atoms with Crippen molar-refractivity contribution in [2.24, 2.45) is 16.8 Å². The second-order valence-corrected chi connectivity index (χ2v) is 4.81. The number of nitrogens with one attached hydrogen (secondary N) is 1. The molecule has 1 aromatic carbocycles. The van der Waals surface area contributed by atoms with Gasteiger partial charge in [0.15, 0.2) is 0 Å². The largest absolute Gasteiger partial charge is 0.409 e. The number of rotatable bonds is 4. The van der Waals surface area contributed by atoms with E-state index in [0.717, 1.165) is 0 Å². The monoisotopic (exact) mass is 323 g/mol. The molecule has 0 saturated carbocycles. The molecule has 0 bridgehead atoms. The Morgan fingerprint density at radius 1 is 1.71 bits per heavy atom. The van der Waals surface area contributed by atoms with Crippen molar-refractivity contribution in [3.63, 3.8) is 0 Å². The number of nitrogens with zero attached hydrogens (tertiary/aromatic N) is 1. The number of benzene rings is 1. The summed E-state index contributed by atoms with van der Waals surface area (Å²) in [6.45, 7) is 2.20. The van der Waals surface area contributed by atoms with E-state index in [2.05, 4.69) is 26.4 Å². The number of oxime groups is 1. The fraction of sp³-hybridized carbons (Fsp3) is 0.300. The minimum Gasteiger partial charge on any atom is -0.409 e. The molecule has 17 heavy (non-hydrogen) atoms. The molecule has 0 heterocycles. The molecule has 0 saturated heterocycles. The number of nitrogens with two attached hydrogens (primary N) is 1.